The Kier molecular flexibility index (Phi) is 5.16. The van der Waals surface area contributed by atoms with Crippen molar-refractivity contribution in [1.82, 2.24) is 19.5 Å². The van der Waals surface area contributed by atoms with Crippen LogP contribution in [0.4, 0.5) is 5.69 Å². The lowest BCUT2D eigenvalue weighted by molar-refractivity contribution is 0.0703. The minimum Gasteiger partial charge on any atom is -0.469 e. The molecule has 158 valence electrons. The third kappa shape index (κ3) is 4.03. The number of nitrogens with one attached hydrogen (secondary N) is 1. The van der Waals surface area contributed by atoms with Crippen LogP contribution in [0.3, 0.4) is 0 Å². The number of aromatic nitrogens is 3. The number of benzene rings is 1. The summed E-state index contributed by atoms with van der Waals surface area (Å²) in [6.45, 7) is 3.95. The zero-order valence-corrected chi connectivity index (χ0v) is 17.5. The molecule has 1 aromatic carbocycles. The summed E-state index contributed by atoms with van der Waals surface area (Å²) in [5, 5.41) is 8.17. The molecule has 4 heterocycles. The molecule has 1 aliphatic rings. The van der Waals surface area contributed by atoms with Gasteiger partial charge in [0.1, 0.15) is 5.76 Å². The van der Waals surface area contributed by atoms with E-state index in [2.05, 4.69) is 17.4 Å². The van der Waals surface area contributed by atoms with Crippen molar-refractivity contribution in [2.24, 2.45) is 0 Å². The van der Waals surface area contributed by atoms with Gasteiger partial charge in [-0.05, 0) is 43.5 Å². The molecule has 31 heavy (non-hydrogen) atoms. The van der Waals surface area contributed by atoms with Crippen LogP contribution in [0.1, 0.15) is 46.3 Å². The summed E-state index contributed by atoms with van der Waals surface area (Å²) < 4.78 is 7.13. The number of carbonyl (C=O) groups is 1. The molecule has 0 unspecified atom stereocenters. The number of nitrogens with zero attached hydrogens (tertiary/aromatic N) is 4. The van der Waals surface area contributed by atoms with Crippen LogP contribution in [0.25, 0.3) is 5.65 Å². The topological polar surface area (TPSA) is 75.7 Å². The first-order chi connectivity index (χ1) is 15.2. The number of carbonyl (C=O) groups excluding carboxylic acids is 1. The number of aryl methyl sites for hydroxylation is 1. The van der Waals surface area contributed by atoms with Crippen LogP contribution >= 0.6 is 0 Å². The summed E-state index contributed by atoms with van der Waals surface area (Å²) in [5.41, 5.74) is 3.66. The summed E-state index contributed by atoms with van der Waals surface area (Å²) in [4.78, 5) is 19.5. The first-order valence-electron chi connectivity index (χ1n) is 10.6. The maximum Gasteiger partial charge on any atom is 0.257 e. The number of pyridine rings is 1. The van der Waals surface area contributed by atoms with Crippen molar-refractivity contribution in [3.8, 4) is 0 Å². The number of likely N-dealkylation sites (tertiary alicyclic amines) is 1. The number of hydrogen-bond donors (Lipinski definition) is 1. The van der Waals surface area contributed by atoms with E-state index in [0.29, 0.717) is 17.9 Å². The van der Waals surface area contributed by atoms with Crippen LogP contribution in [0, 0.1) is 6.92 Å². The second-order valence-corrected chi connectivity index (χ2v) is 8.01. The van der Waals surface area contributed by atoms with E-state index in [1.165, 1.54) is 5.56 Å². The Bertz CT molecular complexity index is 1200. The molecule has 0 radical (unpaired) electrons. The average molecular weight is 415 g/mol. The highest BCUT2D eigenvalue weighted by Crippen LogP contribution is 2.27. The molecule has 7 heteroatoms. The highest BCUT2D eigenvalue weighted by atomic mass is 16.3. The Balaban J connectivity index is 1.30. The van der Waals surface area contributed by atoms with Crippen molar-refractivity contribution in [2.75, 3.05) is 18.4 Å². The van der Waals surface area contributed by atoms with Gasteiger partial charge in [-0.3, -0.25) is 4.79 Å². The van der Waals surface area contributed by atoms with Gasteiger partial charge >= 0.3 is 0 Å². The largest absolute Gasteiger partial charge is 0.469 e. The van der Waals surface area contributed by atoms with Gasteiger partial charge in [0.05, 0.1) is 23.7 Å². The molecule has 1 atom stereocenters. The molecule has 1 saturated heterocycles. The van der Waals surface area contributed by atoms with Crippen molar-refractivity contribution in [3.63, 3.8) is 0 Å². The molecule has 1 N–H and O–H groups in total. The van der Waals surface area contributed by atoms with Gasteiger partial charge < -0.3 is 14.6 Å². The van der Waals surface area contributed by atoms with E-state index in [-0.39, 0.29) is 11.8 Å². The predicted octanol–water partition coefficient (Wildman–Crippen LogP) is 4.26. The second-order valence-electron chi connectivity index (χ2n) is 8.01. The lowest BCUT2D eigenvalue weighted by atomic mass is 9.97. The molecule has 1 amide bonds. The van der Waals surface area contributed by atoms with Gasteiger partial charge in [0.15, 0.2) is 11.5 Å². The first-order valence-corrected chi connectivity index (χ1v) is 10.6. The number of amides is 1. The monoisotopic (exact) mass is 415 g/mol. The summed E-state index contributed by atoms with van der Waals surface area (Å²) in [7, 11) is 0. The molecule has 5 rings (SSSR count). The Morgan fingerprint density at radius 3 is 2.87 bits per heavy atom. The fourth-order valence-electron chi connectivity index (χ4n) is 4.13. The normalized spacial score (nSPS) is 16.5. The predicted molar refractivity (Wildman–Crippen MR) is 118 cm³/mol. The molecule has 3 aromatic heterocycles. The fourth-order valence-corrected chi connectivity index (χ4v) is 4.13. The summed E-state index contributed by atoms with van der Waals surface area (Å²) in [5.74, 6) is 1.60. The maximum absolute atomic E-state index is 12.9. The minimum absolute atomic E-state index is 0.0205. The molecule has 0 aliphatic carbocycles. The van der Waals surface area contributed by atoms with Gasteiger partial charge in [0, 0.05) is 25.6 Å². The average Bonchev–Trinajstić information content (AvgIpc) is 3.43. The first kappa shape index (κ1) is 19.4. The number of piperidine rings is 1. The summed E-state index contributed by atoms with van der Waals surface area (Å²) >= 11 is 0. The number of furan rings is 1. The quantitative estimate of drug-likeness (QED) is 0.527. The third-order valence-electron chi connectivity index (χ3n) is 5.85. The fraction of sp³-hybridized carbons (Fsp3) is 0.292. The third-order valence-corrected chi connectivity index (χ3v) is 5.85. The smallest absolute Gasteiger partial charge is 0.257 e. The van der Waals surface area contributed by atoms with E-state index in [1.807, 2.05) is 52.9 Å². The molecule has 1 fully saturated rings. The molecule has 1 aliphatic heterocycles. The zero-order valence-electron chi connectivity index (χ0n) is 17.5. The van der Waals surface area contributed by atoms with E-state index >= 15 is 0 Å². The van der Waals surface area contributed by atoms with Crippen molar-refractivity contribution < 1.29 is 9.21 Å². The van der Waals surface area contributed by atoms with Crippen LogP contribution in [-0.4, -0.2) is 38.5 Å². The molecule has 0 spiro atoms. The van der Waals surface area contributed by atoms with Crippen LogP contribution < -0.4 is 5.32 Å². The molecule has 0 saturated carbocycles. The van der Waals surface area contributed by atoms with E-state index in [4.69, 9.17) is 14.5 Å². The lowest BCUT2D eigenvalue weighted by Crippen LogP contribution is -2.39. The lowest BCUT2D eigenvalue weighted by Gasteiger charge is -2.31. The van der Waals surface area contributed by atoms with E-state index in [0.717, 1.165) is 43.1 Å². The van der Waals surface area contributed by atoms with Crippen molar-refractivity contribution in [2.45, 2.75) is 32.2 Å². The number of rotatable bonds is 5. The van der Waals surface area contributed by atoms with Crippen LogP contribution in [0.5, 0.6) is 0 Å². The molecular weight excluding hydrogens is 390 g/mol. The van der Waals surface area contributed by atoms with Crippen molar-refractivity contribution >= 4 is 17.2 Å². The van der Waals surface area contributed by atoms with Gasteiger partial charge in [-0.25, -0.2) is 9.50 Å². The Morgan fingerprint density at radius 2 is 2.06 bits per heavy atom. The molecule has 0 bridgehead atoms. The standard InChI is InChI=1S/C24H25N5O2/c1-17-21(11-13-31-17)24(30)28-12-5-8-19(15-28)23-26-22-10-9-20(16-29(22)27-23)25-14-18-6-3-2-4-7-18/h2-4,6-7,9-11,13,16,19,25H,5,8,12,14-15H2,1H3/t19-/m0/s1. The van der Waals surface area contributed by atoms with Crippen LogP contribution in [0.15, 0.2) is 65.4 Å². The Labute approximate surface area is 180 Å². The summed E-state index contributed by atoms with van der Waals surface area (Å²) in [6, 6.07) is 16.0. The Hall–Kier alpha value is -3.61. The molecule has 4 aromatic rings. The Morgan fingerprint density at radius 1 is 1.19 bits per heavy atom. The van der Waals surface area contributed by atoms with Gasteiger partial charge in [0.2, 0.25) is 0 Å². The van der Waals surface area contributed by atoms with Crippen LogP contribution in [-0.2, 0) is 6.54 Å². The highest BCUT2D eigenvalue weighted by Gasteiger charge is 2.29. The molecule has 7 nitrogen and oxygen atoms in total. The SMILES string of the molecule is Cc1occc1C(=O)N1CCC[C@H](c2nc3ccc(NCc4ccccc4)cn3n2)C1. The van der Waals surface area contributed by atoms with Gasteiger partial charge in [-0.15, -0.1) is 0 Å². The van der Waals surface area contributed by atoms with Crippen molar-refractivity contribution in [1.29, 1.82) is 0 Å². The number of anilines is 1. The van der Waals surface area contributed by atoms with Crippen LogP contribution in [0.2, 0.25) is 0 Å². The van der Waals surface area contributed by atoms with Gasteiger partial charge in [-0.1, -0.05) is 30.3 Å². The number of fused-ring (bicyclic) bond motifs is 1. The van der Waals surface area contributed by atoms with E-state index in [1.54, 1.807) is 12.3 Å². The summed E-state index contributed by atoms with van der Waals surface area (Å²) in [6.07, 6.45) is 5.45. The van der Waals surface area contributed by atoms with Gasteiger partial charge in [-0.2, -0.15) is 5.10 Å². The minimum atomic E-state index is 0.0205. The van der Waals surface area contributed by atoms with Gasteiger partial charge in [0.25, 0.3) is 5.91 Å². The molecular formula is C24H25N5O2. The van der Waals surface area contributed by atoms with E-state index in [9.17, 15) is 4.79 Å². The van der Waals surface area contributed by atoms with Crippen molar-refractivity contribution in [3.05, 3.63) is 83.7 Å². The maximum atomic E-state index is 12.9. The second kappa shape index (κ2) is 8.26. The van der Waals surface area contributed by atoms with E-state index < -0.39 is 0 Å². The zero-order chi connectivity index (χ0) is 21.2. The number of hydrogen-bond acceptors (Lipinski definition) is 5. The highest BCUT2D eigenvalue weighted by molar-refractivity contribution is 5.95.